The second-order valence-corrected chi connectivity index (χ2v) is 5.50. The number of nitrogens with one attached hydrogen (secondary N) is 1. The highest BCUT2D eigenvalue weighted by Crippen LogP contribution is 2.27. The van der Waals surface area contributed by atoms with Crippen LogP contribution in [0, 0.1) is 6.92 Å². The van der Waals surface area contributed by atoms with Gasteiger partial charge in [0.05, 0.1) is 11.8 Å². The number of hydrogen-bond acceptors (Lipinski definition) is 3. The van der Waals surface area contributed by atoms with E-state index in [2.05, 4.69) is 22.5 Å². The summed E-state index contributed by atoms with van der Waals surface area (Å²) in [4.78, 5) is 0. The Bertz CT molecular complexity index is 583. The SMILES string of the molecule is CNC(Cc1c(C)nn(C)c1Cl)C(OC)c1ccccc1. The van der Waals surface area contributed by atoms with Gasteiger partial charge in [-0.3, -0.25) is 4.68 Å². The van der Waals surface area contributed by atoms with Crippen LogP contribution >= 0.6 is 11.6 Å². The first-order chi connectivity index (χ1) is 10.1. The van der Waals surface area contributed by atoms with Gasteiger partial charge in [-0.2, -0.15) is 5.10 Å². The number of benzene rings is 1. The Labute approximate surface area is 131 Å². The highest BCUT2D eigenvalue weighted by atomic mass is 35.5. The van der Waals surface area contributed by atoms with Crippen molar-refractivity contribution in [3.05, 3.63) is 52.3 Å². The van der Waals surface area contributed by atoms with E-state index in [1.54, 1.807) is 11.8 Å². The summed E-state index contributed by atoms with van der Waals surface area (Å²) in [6.07, 6.45) is 0.731. The van der Waals surface area contributed by atoms with Crippen molar-refractivity contribution in [2.24, 2.45) is 7.05 Å². The van der Waals surface area contributed by atoms with Gasteiger partial charge in [0, 0.05) is 25.8 Å². The first-order valence-electron chi connectivity index (χ1n) is 7.01. The van der Waals surface area contributed by atoms with Crippen LogP contribution in [0.3, 0.4) is 0 Å². The molecule has 2 unspecified atom stereocenters. The van der Waals surface area contributed by atoms with Crippen LogP contribution < -0.4 is 5.32 Å². The highest BCUT2D eigenvalue weighted by Gasteiger charge is 2.24. The Kier molecular flexibility index (Phi) is 5.39. The molecule has 1 N–H and O–H groups in total. The lowest BCUT2D eigenvalue weighted by molar-refractivity contribution is 0.0703. The van der Waals surface area contributed by atoms with Gasteiger partial charge in [0.15, 0.2) is 0 Å². The van der Waals surface area contributed by atoms with E-state index in [0.717, 1.165) is 23.2 Å². The minimum absolute atomic E-state index is 0.0353. The van der Waals surface area contributed by atoms with Crippen LogP contribution in [0.4, 0.5) is 0 Å². The Morgan fingerprint density at radius 2 is 2.00 bits per heavy atom. The second-order valence-electron chi connectivity index (χ2n) is 5.14. The third kappa shape index (κ3) is 3.46. The van der Waals surface area contributed by atoms with E-state index in [0.29, 0.717) is 5.15 Å². The summed E-state index contributed by atoms with van der Waals surface area (Å²) in [5.41, 5.74) is 3.18. The predicted molar refractivity (Wildman–Crippen MR) is 85.7 cm³/mol. The van der Waals surface area contributed by atoms with Crippen LogP contribution in [0.1, 0.15) is 22.9 Å². The maximum Gasteiger partial charge on any atom is 0.130 e. The molecule has 0 fully saturated rings. The maximum absolute atomic E-state index is 6.34. The first kappa shape index (κ1) is 16.0. The molecule has 5 heteroatoms. The van der Waals surface area contributed by atoms with Crippen LogP contribution in [0.5, 0.6) is 0 Å². The third-order valence-electron chi connectivity index (χ3n) is 3.81. The topological polar surface area (TPSA) is 39.1 Å². The van der Waals surface area contributed by atoms with E-state index >= 15 is 0 Å². The van der Waals surface area contributed by atoms with Gasteiger partial charge >= 0.3 is 0 Å². The summed E-state index contributed by atoms with van der Waals surface area (Å²) in [6.45, 7) is 1.98. The molecule has 0 saturated carbocycles. The monoisotopic (exact) mass is 307 g/mol. The number of halogens is 1. The van der Waals surface area contributed by atoms with Crippen molar-refractivity contribution < 1.29 is 4.74 Å². The molecule has 4 nitrogen and oxygen atoms in total. The zero-order valence-electron chi connectivity index (χ0n) is 12.9. The molecular weight excluding hydrogens is 286 g/mol. The lowest BCUT2D eigenvalue weighted by Gasteiger charge is -2.26. The molecule has 0 amide bonds. The van der Waals surface area contributed by atoms with E-state index in [1.165, 1.54) is 0 Å². The highest BCUT2D eigenvalue weighted by molar-refractivity contribution is 6.30. The average molecular weight is 308 g/mol. The van der Waals surface area contributed by atoms with Crippen molar-refractivity contribution >= 4 is 11.6 Å². The largest absolute Gasteiger partial charge is 0.375 e. The first-order valence-corrected chi connectivity index (χ1v) is 7.39. The van der Waals surface area contributed by atoms with Crippen LogP contribution in [0.25, 0.3) is 0 Å². The lowest BCUT2D eigenvalue weighted by atomic mass is 9.96. The molecule has 2 atom stereocenters. The predicted octanol–water partition coefficient (Wildman–Crippen LogP) is 2.90. The molecule has 0 spiro atoms. The van der Waals surface area contributed by atoms with Crippen LogP contribution in [0.15, 0.2) is 30.3 Å². The van der Waals surface area contributed by atoms with Gasteiger partial charge in [0.25, 0.3) is 0 Å². The molecule has 0 radical (unpaired) electrons. The van der Waals surface area contributed by atoms with Crippen molar-refractivity contribution in [3.8, 4) is 0 Å². The summed E-state index contributed by atoms with van der Waals surface area (Å²) >= 11 is 6.34. The smallest absolute Gasteiger partial charge is 0.130 e. The molecule has 2 aromatic rings. The molecule has 0 saturated heterocycles. The van der Waals surface area contributed by atoms with Gasteiger partial charge in [-0.05, 0) is 26.0 Å². The Morgan fingerprint density at radius 1 is 1.33 bits per heavy atom. The van der Waals surface area contributed by atoms with Crippen molar-refractivity contribution in [2.45, 2.75) is 25.5 Å². The van der Waals surface area contributed by atoms with E-state index < -0.39 is 0 Å². The number of rotatable bonds is 6. The minimum Gasteiger partial charge on any atom is -0.375 e. The minimum atomic E-state index is -0.0353. The van der Waals surface area contributed by atoms with Crippen molar-refractivity contribution in [1.29, 1.82) is 0 Å². The average Bonchev–Trinajstić information content (AvgIpc) is 2.74. The maximum atomic E-state index is 6.34. The van der Waals surface area contributed by atoms with E-state index in [4.69, 9.17) is 16.3 Å². The van der Waals surface area contributed by atoms with Gasteiger partial charge in [-0.15, -0.1) is 0 Å². The Hall–Kier alpha value is -1.36. The zero-order valence-corrected chi connectivity index (χ0v) is 13.7. The number of methoxy groups -OCH3 is 1. The molecule has 0 aliphatic rings. The Balaban J connectivity index is 2.26. The Morgan fingerprint density at radius 3 is 2.48 bits per heavy atom. The molecule has 1 aromatic carbocycles. The zero-order chi connectivity index (χ0) is 15.4. The van der Waals surface area contributed by atoms with Crippen LogP contribution in [-0.2, 0) is 18.2 Å². The van der Waals surface area contributed by atoms with E-state index in [1.807, 2.05) is 39.2 Å². The number of nitrogens with zero attached hydrogens (tertiary/aromatic N) is 2. The van der Waals surface area contributed by atoms with Crippen molar-refractivity contribution in [3.63, 3.8) is 0 Å². The molecule has 0 aliphatic heterocycles. The third-order valence-corrected chi connectivity index (χ3v) is 4.28. The van der Waals surface area contributed by atoms with Gasteiger partial charge in [0.1, 0.15) is 5.15 Å². The number of hydrogen-bond donors (Lipinski definition) is 1. The number of ether oxygens (including phenoxy) is 1. The molecule has 1 aromatic heterocycles. The van der Waals surface area contributed by atoms with Crippen LogP contribution in [0.2, 0.25) is 5.15 Å². The molecule has 1 heterocycles. The van der Waals surface area contributed by atoms with E-state index in [9.17, 15) is 0 Å². The standard InChI is InChI=1S/C16H22ClN3O/c1-11-13(16(17)20(3)19-11)10-14(18-2)15(21-4)12-8-6-5-7-9-12/h5-9,14-15,18H,10H2,1-4H3. The number of aryl methyl sites for hydroxylation is 2. The fourth-order valence-corrected chi connectivity index (χ4v) is 2.91. The van der Waals surface area contributed by atoms with Gasteiger partial charge in [-0.25, -0.2) is 0 Å². The fraction of sp³-hybridized carbons (Fsp3) is 0.438. The van der Waals surface area contributed by atoms with Gasteiger partial charge in [-0.1, -0.05) is 41.9 Å². The second kappa shape index (κ2) is 7.07. The van der Waals surface area contributed by atoms with Crippen molar-refractivity contribution in [1.82, 2.24) is 15.1 Å². The molecular formula is C16H22ClN3O. The lowest BCUT2D eigenvalue weighted by Crippen LogP contribution is -2.35. The van der Waals surface area contributed by atoms with Crippen molar-refractivity contribution in [2.75, 3.05) is 14.2 Å². The molecule has 0 bridgehead atoms. The summed E-state index contributed by atoms with van der Waals surface area (Å²) in [6, 6.07) is 10.3. The number of aromatic nitrogens is 2. The summed E-state index contributed by atoms with van der Waals surface area (Å²) in [5.74, 6) is 0. The summed E-state index contributed by atoms with van der Waals surface area (Å²) in [7, 11) is 5.54. The number of likely N-dealkylation sites (N-methyl/N-ethyl adjacent to an activating group) is 1. The van der Waals surface area contributed by atoms with E-state index in [-0.39, 0.29) is 12.1 Å². The molecule has 0 aliphatic carbocycles. The fourth-order valence-electron chi connectivity index (χ4n) is 2.66. The quantitative estimate of drug-likeness (QED) is 0.892. The summed E-state index contributed by atoms with van der Waals surface area (Å²) in [5, 5.41) is 8.41. The van der Waals surface area contributed by atoms with Crippen LogP contribution in [-0.4, -0.2) is 30.0 Å². The van der Waals surface area contributed by atoms with Gasteiger partial charge in [0.2, 0.25) is 0 Å². The normalized spacial score (nSPS) is 14.1. The molecule has 114 valence electrons. The molecule has 21 heavy (non-hydrogen) atoms. The molecule has 2 rings (SSSR count). The summed E-state index contributed by atoms with van der Waals surface area (Å²) < 4.78 is 7.43. The van der Waals surface area contributed by atoms with Gasteiger partial charge < -0.3 is 10.1 Å².